The van der Waals surface area contributed by atoms with Crippen LogP contribution in [-0.4, -0.2) is 14.8 Å². The summed E-state index contributed by atoms with van der Waals surface area (Å²) in [7, 11) is 0. The lowest BCUT2D eigenvalue weighted by atomic mass is 10.0. The lowest BCUT2D eigenvalue weighted by molar-refractivity contribution is 0.862. The molecule has 0 saturated carbocycles. The van der Waals surface area contributed by atoms with Crippen molar-refractivity contribution in [3.05, 3.63) is 41.4 Å². The Morgan fingerprint density at radius 2 is 2.13 bits per heavy atom. The van der Waals surface area contributed by atoms with E-state index in [1.54, 1.807) is 10.9 Å². The summed E-state index contributed by atoms with van der Waals surface area (Å²) in [5.41, 5.74) is 2.27. The maximum Gasteiger partial charge on any atom is 0.229 e. The van der Waals surface area contributed by atoms with Crippen LogP contribution in [0, 0.1) is 0 Å². The van der Waals surface area contributed by atoms with E-state index in [9.17, 15) is 0 Å². The van der Waals surface area contributed by atoms with E-state index < -0.39 is 0 Å². The lowest BCUT2D eigenvalue weighted by Crippen LogP contribution is -1.95. The van der Waals surface area contributed by atoms with Crippen LogP contribution in [0.15, 0.2) is 30.6 Å². The Kier molecular flexibility index (Phi) is 2.73. The summed E-state index contributed by atoms with van der Waals surface area (Å²) in [5.74, 6) is 0.500. The maximum absolute atomic E-state index is 5.90. The van der Waals surface area contributed by atoms with Crippen molar-refractivity contribution < 1.29 is 0 Å². The molecule has 1 aromatic heterocycles. The normalized spacial score (nSPS) is 10.9. The average Bonchev–Trinajstić information content (AvgIpc) is 2.64. The van der Waals surface area contributed by atoms with Crippen molar-refractivity contribution in [2.24, 2.45) is 0 Å². The number of nitrogens with zero attached hydrogens (tertiary/aromatic N) is 3. The highest BCUT2D eigenvalue weighted by atomic mass is 35.5. The topological polar surface area (TPSA) is 30.7 Å². The Bertz CT molecular complexity index is 462. The van der Waals surface area contributed by atoms with Crippen molar-refractivity contribution in [3.63, 3.8) is 0 Å². The first kappa shape index (κ1) is 10.2. The number of hydrogen-bond acceptors (Lipinski definition) is 2. The summed E-state index contributed by atoms with van der Waals surface area (Å²) in [4.78, 5) is 0. The molecule has 2 aromatic rings. The number of halogens is 1. The minimum absolute atomic E-state index is 0.385. The SMILES string of the molecule is CC(C)c1cccc(-n2cnnc2Cl)c1. The third-order valence-electron chi connectivity index (χ3n) is 2.32. The Labute approximate surface area is 93.7 Å². The van der Waals surface area contributed by atoms with Crippen LogP contribution < -0.4 is 0 Å². The van der Waals surface area contributed by atoms with E-state index in [-0.39, 0.29) is 0 Å². The van der Waals surface area contributed by atoms with E-state index in [1.165, 1.54) is 5.56 Å². The zero-order chi connectivity index (χ0) is 10.8. The fourth-order valence-electron chi connectivity index (χ4n) is 1.43. The summed E-state index contributed by atoms with van der Waals surface area (Å²) in [6.07, 6.45) is 1.61. The Hall–Kier alpha value is -1.35. The Morgan fingerprint density at radius 1 is 1.33 bits per heavy atom. The zero-order valence-corrected chi connectivity index (χ0v) is 9.44. The van der Waals surface area contributed by atoms with Crippen molar-refractivity contribution in [2.75, 3.05) is 0 Å². The Morgan fingerprint density at radius 3 is 2.73 bits per heavy atom. The van der Waals surface area contributed by atoms with Gasteiger partial charge >= 0.3 is 0 Å². The van der Waals surface area contributed by atoms with Crippen molar-refractivity contribution >= 4 is 11.6 Å². The molecule has 4 heteroatoms. The summed E-state index contributed by atoms with van der Waals surface area (Å²) < 4.78 is 1.76. The summed E-state index contributed by atoms with van der Waals surface area (Å²) in [6, 6.07) is 8.20. The van der Waals surface area contributed by atoms with Gasteiger partial charge in [0.15, 0.2) is 0 Å². The van der Waals surface area contributed by atoms with Gasteiger partial charge in [0.05, 0.1) is 0 Å². The third-order valence-corrected chi connectivity index (χ3v) is 2.58. The van der Waals surface area contributed by atoms with Crippen molar-refractivity contribution in [1.29, 1.82) is 0 Å². The average molecular weight is 222 g/mol. The quantitative estimate of drug-likeness (QED) is 0.781. The second-order valence-electron chi connectivity index (χ2n) is 3.72. The van der Waals surface area contributed by atoms with Gasteiger partial charge in [-0.2, -0.15) is 0 Å². The highest BCUT2D eigenvalue weighted by molar-refractivity contribution is 6.28. The smallest absolute Gasteiger partial charge is 0.229 e. The van der Waals surface area contributed by atoms with Crippen LogP contribution in [0.25, 0.3) is 5.69 Å². The van der Waals surface area contributed by atoms with Gasteiger partial charge in [-0.25, -0.2) is 0 Å². The van der Waals surface area contributed by atoms with E-state index in [1.807, 2.05) is 12.1 Å². The monoisotopic (exact) mass is 221 g/mol. The molecule has 3 nitrogen and oxygen atoms in total. The molecule has 0 fully saturated rings. The molecule has 0 unspecified atom stereocenters. The largest absolute Gasteiger partial charge is 0.272 e. The predicted octanol–water partition coefficient (Wildman–Crippen LogP) is 3.04. The number of hydrogen-bond donors (Lipinski definition) is 0. The minimum atomic E-state index is 0.385. The highest BCUT2D eigenvalue weighted by Crippen LogP contribution is 2.19. The van der Waals surface area contributed by atoms with Gasteiger partial charge in [-0.3, -0.25) is 4.57 Å². The van der Waals surface area contributed by atoms with Gasteiger partial charge in [0, 0.05) is 5.69 Å². The van der Waals surface area contributed by atoms with Crippen LogP contribution in [0.5, 0.6) is 0 Å². The maximum atomic E-state index is 5.90. The molecule has 0 N–H and O–H groups in total. The first-order valence-electron chi connectivity index (χ1n) is 4.84. The molecule has 1 heterocycles. The molecule has 0 bridgehead atoms. The Balaban J connectivity index is 2.46. The van der Waals surface area contributed by atoms with Gasteiger partial charge in [0.1, 0.15) is 6.33 Å². The molecule has 78 valence electrons. The van der Waals surface area contributed by atoms with Crippen molar-refractivity contribution in [2.45, 2.75) is 19.8 Å². The lowest BCUT2D eigenvalue weighted by Gasteiger charge is -2.08. The first-order chi connectivity index (χ1) is 7.18. The van der Waals surface area contributed by atoms with Gasteiger partial charge in [0.2, 0.25) is 5.28 Å². The zero-order valence-electron chi connectivity index (χ0n) is 8.68. The van der Waals surface area contributed by atoms with Gasteiger partial charge < -0.3 is 0 Å². The van der Waals surface area contributed by atoms with Gasteiger partial charge in [-0.05, 0) is 35.2 Å². The molecule has 0 saturated heterocycles. The molecule has 0 spiro atoms. The van der Waals surface area contributed by atoms with Crippen LogP contribution in [0.4, 0.5) is 0 Å². The molecule has 1 aromatic carbocycles. The molecule has 15 heavy (non-hydrogen) atoms. The van der Waals surface area contributed by atoms with Crippen LogP contribution in [-0.2, 0) is 0 Å². The summed E-state index contributed by atoms with van der Waals surface area (Å²) in [6.45, 7) is 4.32. The molecule has 0 amide bonds. The van der Waals surface area contributed by atoms with Crippen molar-refractivity contribution in [1.82, 2.24) is 14.8 Å². The standard InChI is InChI=1S/C11H12ClN3/c1-8(2)9-4-3-5-10(6-9)15-7-13-14-11(15)12/h3-8H,1-2H3. The molecular formula is C11H12ClN3. The fraction of sp³-hybridized carbons (Fsp3) is 0.273. The second-order valence-corrected chi connectivity index (χ2v) is 4.06. The van der Waals surface area contributed by atoms with E-state index in [0.29, 0.717) is 11.2 Å². The number of aromatic nitrogens is 3. The molecule has 0 radical (unpaired) electrons. The van der Waals surface area contributed by atoms with Gasteiger partial charge in [-0.1, -0.05) is 26.0 Å². The van der Waals surface area contributed by atoms with Crippen LogP contribution in [0.3, 0.4) is 0 Å². The highest BCUT2D eigenvalue weighted by Gasteiger charge is 2.05. The van der Waals surface area contributed by atoms with E-state index in [4.69, 9.17) is 11.6 Å². The third kappa shape index (κ3) is 2.02. The second kappa shape index (κ2) is 4.03. The van der Waals surface area contributed by atoms with Crippen LogP contribution in [0.1, 0.15) is 25.3 Å². The summed E-state index contributed by atoms with van der Waals surface area (Å²) in [5, 5.41) is 7.88. The number of rotatable bonds is 2. The molecular weight excluding hydrogens is 210 g/mol. The van der Waals surface area contributed by atoms with Crippen molar-refractivity contribution in [3.8, 4) is 5.69 Å². The summed E-state index contributed by atoms with van der Waals surface area (Å²) >= 11 is 5.90. The molecule has 0 aliphatic rings. The molecule has 0 atom stereocenters. The molecule has 0 aliphatic heterocycles. The van der Waals surface area contributed by atoms with E-state index in [2.05, 4.69) is 36.2 Å². The minimum Gasteiger partial charge on any atom is -0.272 e. The molecule has 2 rings (SSSR count). The predicted molar refractivity (Wildman–Crippen MR) is 60.5 cm³/mol. The van der Waals surface area contributed by atoms with E-state index >= 15 is 0 Å². The van der Waals surface area contributed by atoms with Crippen LogP contribution in [0.2, 0.25) is 5.28 Å². The number of benzene rings is 1. The van der Waals surface area contributed by atoms with E-state index in [0.717, 1.165) is 5.69 Å². The fourth-order valence-corrected chi connectivity index (χ4v) is 1.61. The first-order valence-corrected chi connectivity index (χ1v) is 5.22. The molecule has 0 aliphatic carbocycles. The van der Waals surface area contributed by atoms with Gasteiger partial charge in [-0.15, -0.1) is 10.2 Å². The van der Waals surface area contributed by atoms with Crippen LogP contribution >= 0.6 is 11.6 Å². The van der Waals surface area contributed by atoms with Gasteiger partial charge in [0.25, 0.3) is 0 Å².